The smallest absolute Gasteiger partial charge is 0.128 e. The Morgan fingerprint density at radius 1 is 1.18 bits per heavy atom. The summed E-state index contributed by atoms with van der Waals surface area (Å²) in [5, 5.41) is 11.3. The van der Waals surface area contributed by atoms with Gasteiger partial charge in [0.05, 0.1) is 6.21 Å². The van der Waals surface area contributed by atoms with Gasteiger partial charge in [0, 0.05) is 5.56 Å². The molecule has 0 fully saturated rings. The third-order valence-electron chi connectivity index (χ3n) is 1.86. The van der Waals surface area contributed by atoms with Crippen molar-refractivity contribution >= 4 is 6.21 Å². The molecule has 0 saturated carbocycles. The molecule has 0 aliphatic rings. The molecule has 0 aromatic heterocycles. The van der Waals surface area contributed by atoms with Crippen molar-refractivity contribution in [1.29, 1.82) is 0 Å². The van der Waals surface area contributed by atoms with E-state index in [0.29, 0.717) is 17.1 Å². The zero-order chi connectivity index (χ0) is 12.5. The molecule has 0 heterocycles. The van der Waals surface area contributed by atoms with Crippen molar-refractivity contribution in [3.63, 3.8) is 0 Å². The second-order valence-electron chi connectivity index (χ2n) is 3.02. The molecular formula is C11H13F2NO3. The van der Waals surface area contributed by atoms with E-state index in [1.54, 1.807) is 12.1 Å². The Morgan fingerprint density at radius 3 is 2.53 bits per heavy atom. The first kappa shape index (κ1) is 13.2. The molecule has 0 saturated heterocycles. The maximum Gasteiger partial charge on any atom is 0.128 e. The molecule has 0 aliphatic heterocycles. The minimum atomic E-state index is -0.615. The van der Waals surface area contributed by atoms with Gasteiger partial charge >= 0.3 is 0 Å². The van der Waals surface area contributed by atoms with Gasteiger partial charge in [-0.05, 0) is 18.2 Å². The maximum atomic E-state index is 12.0. The van der Waals surface area contributed by atoms with Gasteiger partial charge in [0.1, 0.15) is 38.1 Å². The van der Waals surface area contributed by atoms with Gasteiger partial charge in [0.2, 0.25) is 0 Å². The van der Waals surface area contributed by atoms with Crippen molar-refractivity contribution < 1.29 is 23.5 Å². The lowest BCUT2D eigenvalue weighted by Gasteiger charge is -2.09. The van der Waals surface area contributed by atoms with Crippen LogP contribution in [0, 0.1) is 0 Å². The Morgan fingerprint density at radius 2 is 1.88 bits per heavy atom. The third-order valence-corrected chi connectivity index (χ3v) is 1.86. The van der Waals surface area contributed by atoms with E-state index in [4.69, 9.17) is 14.7 Å². The number of halogens is 2. The molecule has 94 valence electrons. The van der Waals surface area contributed by atoms with E-state index in [1.807, 2.05) is 0 Å². The monoisotopic (exact) mass is 245 g/mol. The number of oxime groups is 1. The summed E-state index contributed by atoms with van der Waals surface area (Å²) in [7, 11) is 0. The molecule has 17 heavy (non-hydrogen) atoms. The summed E-state index contributed by atoms with van der Waals surface area (Å²) in [6, 6.07) is 4.63. The van der Waals surface area contributed by atoms with Gasteiger partial charge in [-0.1, -0.05) is 5.16 Å². The van der Waals surface area contributed by atoms with Crippen LogP contribution < -0.4 is 9.47 Å². The first-order valence-corrected chi connectivity index (χ1v) is 5.01. The van der Waals surface area contributed by atoms with E-state index in [-0.39, 0.29) is 13.2 Å². The van der Waals surface area contributed by atoms with Crippen molar-refractivity contribution in [2.75, 3.05) is 26.6 Å². The molecule has 0 unspecified atom stereocenters. The van der Waals surface area contributed by atoms with E-state index < -0.39 is 13.3 Å². The van der Waals surface area contributed by atoms with E-state index >= 15 is 0 Å². The normalized spacial score (nSPS) is 10.7. The van der Waals surface area contributed by atoms with Crippen LogP contribution in [0.25, 0.3) is 0 Å². The third kappa shape index (κ3) is 4.26. The van der Waals surface area contributed by atoms with Crippen molar-refractivity contribution in [3.8, 4) is 11.5 Å². The summed E-state index contributed by atoms with van der Waals surface area (Å²) in [4.78, 5) is 0. The summed E-state index contributed by atoms with van der Waals surface area (Å²) in [5.74, 6) is 0.790. The number of alkyl halides is 2. The van der Waals surface area contributed by atoms with Crippen LogP contribution in [-0.4, -0.2) is 38.0 Å². The minimum absolute atomic E-state index is 0.0552. The highest BCUT2D eigenvalue weighted by Crippen LogP contribution is 2.23. The molecule has 1 N–H and O–H groups in total. The lowest BCUT2D eigenvalue weighted by atomic mass is 10.2. The van der Waals surface area contributed by atoms with E-state index in [9.17, 15) is 8.78 Å². The molecule has 1 aromatic carbocycles. The fourth-order valence-electron chi connectivity index (χ4n) is 1.22. The van der Waals surface area contributed by atoms with Crippen LogP contribution in [0.1, 0.15) is 5.56 Å². The molecule has 0 bridgehead atoms. The first-order chi connectivity index (χ1) is 8.31. The van der Waals surface area contributed by atoms with Crippen molar-refractivity contribution in [2.45, 2.75) is 0 Å². The average molecular weight is 245 g/mol. The van der Waals surface area contributed by atoms with E-state index in [1.165, 1.54) is 6.07 Å². The Kier molecular flexibility index (Phi) is 5.77. The topological polar surface area (TPSA) is 51.1 Å². The maximum absolute atomic E-state index is 12.0. The lowest BCUT2D eigenvalue weighted by molar-refractivity contribution is 0.266. The van der Waals surface area contributed by atoms with Crippen molar-refractivity contribution in [2.24, 2.45) is 5.16 Å². The predicted octanol–water partition coefficient (Wildman–Crippen LogP) is 2.19. The lowest BCUT2D eigenvalue weighted by Crippen LogP contribution is -2.03. The largest absolute Gasteiger partial charge is 0.491 e. The van der Waals surface area contributed by atoms with Crippen LogP contribution >= 0.6 is 0 Å². The van der Waals surface area contributed by atoms with Gasteiger partial charge in [0.15, 0.2) is 0 Å². The molecule has 6 heteroatoms. The van der Waals surface area contributed by atoms with Gasteiger partial charge in [-0.15, -0.1) is 0 Å². The molecule has 4 nitrogen and oxygen atoms in total. The fourth-order valence-corrected chi connectivity index (χ4v) is 1.22. The summed E-state index contributed by atoms with van der Waals surface area (Å²) in [5.41, 5.74) is 0.428. The molecule has 0 radical (unpaired) electrons. The number of ether oxygens (including phenoxy) is 2. The van der Waals surface area contributed by atoms with Gasteiger partial charge in [-0.2, -0.15) is 0 Å². The van der Waals surface area contributed by atoms with Crippen LogP contribution in [0.2, 0.25) is 0 Å². The number of benzene rings is 1. The van der Waals surface area contributed by atoms with E-state index in [2.05, 4.69) is 5.16 Å². The first-order valence-electron chi connectivity index (χ1n) is 5.01. The number of rotatable bonds is 7. The number of nitrogens with zero attached hydrogens (tertiary/aromatic N) is 1. The van der Waals surface area contributed by atoms with Crippen LogP contribution in [0.15, 0.2) is 23.4 Å². The second-order valence-corrected chi connectivity index (χ2v) is 3.02. The highest BCUT2D eigenvalue weighted by Gasteiger charge is 2.04. The average Bonchev–Trinajstić information content (AvgIpc) is 2.35. The van der Waals surface area contributed by atoms with Crippen LogP contribution in [-0.2, 0) is 0 Å². The zero-order valence-electron chi connectivity index (χ0n) is 9.10. The van der Waals surface area contributed by atoms with Crippen LogP contribution in [0.3, 0.4) is 0 Å². The van der Waals surface area contributed by atoms with Crippen LogP contribution in [0.5, 0.6) is 11.5 Å². The van der Waals surface area contributed by atoms with E-state index in [0.717, 1.165) is 6.21 Å². The Bertz CT molecular complexity index is 372. The minimum Gasteiger partial charge on any atom is -0.491 e. The highest BCUT2D eigenvalue weighted by atomic mass is 19.1. The quantitative estimate of drug-likeness (QED) is 0.455. The van der Waals surface area contributed by atoms with Gasteiger partial charge in [-0.3, -0.25) is 0 Å². The van der Waals surface area contributed by atoms with Crippen molar-refractivity contribution in [3.05, 3.63) is 23.8 Å². The Hall–Kier alpha value is -1.85. The number of hydrogen-bond donors (Lipinski definition) is 1. The highest BCUT2D eigenvalue weighted by molar-refractivity contribution is 5.83. The molecule has 1 rings (SSSR count). The summed E-state index contributed by atoms with van der Waals surface area (Å²) in [6.07, 6.45) is 1.13. The van der Waals surface area contributed by atoms with Gasteiger partial charge in [0.25, 0.3) is 0 Å². The molecule has 1 aromatic rings. The van der Waals surface area contributed by atoms with Gasteiger partial charge < -0.3 is 14.7 Å². The zero-order valence-corrected chi connectivity index (χ0v) is 9.10. The standard InChI is InChI=1S/C11H13F2NO3/c12-3-5-16-10-1-2-11(17-6-4-13)9(7-10)8-14-15/h1-2,7-8,15H,3-6H2/b14-8+. The summed E-state index contributed by atoms with van der Waals surface area (Å²) >= 11 is 0. The number of hydrogen-bond acceptors (Lipinski definition) is 4. The molecule has 0 spiro atoms. The second kappa shape index (κ2) is 7.43. The summed E-state index contributed by atoms with van der Waals surface area (Å²) in [6.45, 7) is -1.35. The van der Waals surface area contributed by atoms with Gasteiger partial charge in [-0.25, -0.2) is 8.78 Å². The Balaban J connectivity index is 2.83. The Labute approximate surface area is 97.5 Å². The molecule has 0 aliphatic carbocycles. The SMILES string of the molecule is O/N=C/c1cc(OCCF)ccc1OCCF. The summed E-state index contributed by atoms with van der Waals surface area (Å²) < 4.78 is 34.0. The molecule has 0 atom stereocenters. The fraction of sp³-hybridized carbons (Fsp3) is 0.364. The van der Waals surface area contributed by atoms with Crippen molar-refractivity contribution in [1.82, 2.24) is 0 Å². The predicted molar refractivity (Wildman–Crippen MR) is 58.8 cm³/mol. The molecular weight excluding hydrogens is 232 g/mol. The molecule has 0 amide bonds. The van der Waals surface area contributed by atoms with Crippen LogP contribution in [0.4, 0.5) is 8.78 Å².